The summed E-state index contributed by atoms with van der Waals surface area (Å²) in [6.07, 6.45) is 4.83. The second-order valence-corrected chi connectivity index (χ2v) is 5.65. The molecule has 0 saturated carbocycles. The summed E-state index contributed by atoms with van der Waals surface area (Å²) in [6, 6.07) is 15.5. The molecule has 122 valence electrons. The average Bonchev–Trinajstić information content (AvgIpc) is 3.07. The van der Waals surface area contributed by atoms with Gasteiger partial charge in [-0.1, -0.05) is 12.1 Å². The summed E-state index contributed by atoms with van der Waals surface area (Å²) in [4.78, 5) is 24.7. The number of hydrogen-bond acceptors (Lipinski definition) is 4. The molecule has 6 nitrogen and oxygen atoms in total. The van der Waals surface area contributed by atoms with E-state index in [0.717, 1.165) is 22.4 Å². The molecule has 0 aliphatic carbocycles. The van der Waals surface area contributed by atoms with Crippen molar-refractivity contribution in [2.75, 3.05) is 5.32 Å². The number of fused-ring (bicyclic) bond motifs is 1. The average molecular weight is 329 g/mol. The van der Waals surface area contributed by atoms with Gasteiger partial charge in [0.1, 0.15) is 12.0 Å². The molecule has 0 fully saturated rings. The summed E-state index contributed by atoms with van der Waals surface area (Å²) in [5.41, 5.74) is 4.71. The molecule has 0 aliphatic rings. The minimum absolute atomic E-state index is 0.284. The number of nitrogens with one attached hydrogen (secondary N) is 1. The van der Waals surface area contributed by atoms with Crippen molar-refractivity contribution in [1.82, 2.24) is 19.5 Å². The molecule has 0 unspecified atom stereocenters. The molecular weight excluding hydrogens is 314 g/mol. The smallest absolute Gasteiger partial charge is 0.275 e. The number of carbonyl (C=O) groups excluding carboxylic acids is 1. The Kier molecular flexibility index (Phi) is 3.70. The lowest BCUT2D eigenvalue weighted by Gasteiger charge is -2.07. The van der Waals surface area contributed by atoms with Crippen molar-refractivity contribution >= 4 is 22.6 Å². The predicted octanol–water partition coefficient (Wildman–Crippen LogP) is 3.38. The van der Waals surface area contributed by atoms with Gasteiger partial charge in [0.2, 0.25) is 0 Å². The van der Waals surface area contributed by atoms with Crippen LogP contribution in [0.4, 0.5) is 5.69 Å². The maximum Gasteiger partial charge on any atom is 0.275 e. The van der Waals surface area contributed by atoms with Crippen molar-refractivity contribution in [3.8, 4) is 5.69 Å². The standard InChI is InChI=1S/C19H15N5O/c1-13-10-21-17(11-20-13)19(25)23-14-6-8-15(9-7-14)24-12-22-16-4-2-3-5-18(16)24/h2-12H,1H3,(H,23,25). The molecule has 0 saturated heterocycles. The van der Waals surface area contributed by atoms with Gasteiger partial charge in [-0.05, 0) is 43.3 Å². The highest BCUT2D eigenvalue weighted by Gasteiger charge is 2.09. The van der Waals surface area contributed by atoms with Gasteiger partial charge in [0.15, 0.2) is 0 Å². The van der Waals surface area contributed by atoms with Gasteiger partial charge in [-0.3, -0.25) is 14.3 Å². The number of benzene rings is 2. The van der Waals surface area contributed by atoms with Gasteiger partial charge in [-0.15, -0.1) is 0 Å². The first-order valence-electron chi connectivity index (χ1n) is 7.83. The van der Waals surface area contributed by atoms with Crippen LogP contribution in [0, 0.1) is 6.92 Å². The monoisotopic (exact) mass is 329 g/mol. The van der Waals surface area contributed by atoms with E-state index in [1.165, 1.54) is 6.20 Å². The van der Waals surface area contributed by atoms with Crippen LogP contribution in [0.2, 0.25) is 0 Å². The lowest BCUT2D eigenvalue weighted by atomic mass is 10.2. The number of para-hydroxylation sites is 2. The fraction of sp³-hybridized carbons (Fsp3) is 0.0526. The summed E-state index contributed by atoms with van der Waals surface area (Å²) in [5, 5.41) is 2.82. The summed E-state index contributed by atoms with van der Waals surface area (Å²) in [6.45, 7) is 1.83. The lowest BCUT2D eigenvalue weighted by molar-refractivity contribution is 0.102. The fourth-order valence-electron chi connectivity index (χ4n) is 2.58. The first kappa shape index (κ1) is 15.0. The Morgan fingerprint density at radius 3 is 2.52 bits per heavy atom. The third kappa shape index (κ3) is 2.97. The third-order valence-corrected chi connectivity index (χ3v) is 3.87. The van der Waals surface area contributed by atoms with Gasteiger partial charge < -0.3 is 5.32 Å². The quantitative estimate of drug-likeness (QED) is 0.625. The lowest BCUT2D eigenvalue weighted by Crippen LogP contribution is -2.14. The van der Waals surface area contributed by atoms with Gasteiger partial charge in [0, 0.05) is 17.6 Å². The molecule has 2 aromatic carbocycles. The molecule has 0 radical (unpaired) electrons. The first-order valence-corrected chi connectivity index (χ1v) is 7.83. The molecule has 0 atom stereocenters. The van der Waals surface area contributed by atoms with Crippen LogP contribution in [0.1, 0.15) is 16.2 Å². The summed E-state index contributed by atoms with van der Waals surface area (Å²) in [5.74, 6) is -0.284. The van der Waals surface area contributed by atoms with Crippen LogP contribution in [0.3, 0.4) is 0 Å². The molecule has 6 heteroatoms. The van der Waals surface area contributed by atoms with Crippen LogP contribution in [-0.2, 0) is 0 Å². The van der Waals surface area contributed by atoms with Gasteiger partial charge in [-0.25, -0.2) is 9.97 Å². The molecule has 1 amide bonds. The van der Waals surface area contributed by atoms with E-state index in [-0.39, 0.29) is 11.6 Å². The van der Waals surface area contributed by atoms with Crippen LogP contribution in [0.15, 0.2) is 67.3 Å². The summed E-state index contributed by atoms with van der Waals surface area (Å²) < 4.78 is 2.01. The van der Waals surface area contributed by atoms with Crippen molar-refractivity contribution in [2.24, 2.45) is 0 Å². The topological polar surface area (TPSA) is 72.7 Å². The van der Waals surface area contributed by atoms with E-state index in [4.69, 9.17) is 0 Å². The van der Waals surface area contributed by atoms with E-state index < -0.39 is 0 Å². The van der Waals surface area contributed by atoms with E-state index in [0.29, 0.717) is 5.69 Å². The maximum atomic E-state index is 12.2. The number of rotatable bonds is 3. The number of aryl methyl sites for hydroxylation is 1. The van der Waals surface area contributed by atoms with E-state index in [1.54, 1.807) is 12.5 Å². The molecule has 4 rings (SSSR count). The Labute approximate surface area is 144 Å². The van der Waals surface area contributed by atoms with Gasteiger partial charge in [0.05, 0.1) is 22.9 Å². The van der Waals surface area contributed by atoms with E-state index >= 15 is 0 Å². The largest absolute Gasteiger partial charge is 0.321 e. The van der Waals surface area contributed by atoms with Gasteiger partial charge in [0.25, 0.3) is 5.91 Å². The molecule has 25 heavy (non-hydrogen) atoms. The first-order chi connectivity index (χ1) is 12.2. The number of carbonyl (C=O) groups is 1. The molecule has 0 spiro atoms. The predicted molar refractivity (Wildman–Crippen MR) is 95.8 cm³/mol. The Balaban J connectivity index is 1.56. The van der Waals surface area contributed by atoms with Crippen LogP contribution < -0.4 is 5.32 Å². The number of aromatic nitrogens is 4. The minimum Gasteiger partial charge on any atom is -0.321 e. The molecule has 0 bridgehead atoms. The molecule has 2 heterocycles. The van der Waals surface area contributed by atoms with Crippen molar-refractivity contribution in [2.45, 2.75) is 6.92 Å². The molecule has 1 N–H and O–H groups in total. The van der Waals surface area contributed by atoms with Gasteiger partial charge in [-0.2, -0.15) is 0 Å². The van der Waals surface area contributed by atoms with E-state index in [9.17, 15) is 4.79 Å². The Morgan fingerprint density at radius 2 is 1.76 bits per heavy atom. The fourth-order valence-corrected chi connectivity index (χ4v) is 2.58. The highest BCUT2D eigenvalue weighted by atomic mass is 16.1. The minimum atomic E-state index is -0.284. The normalized spacial score (nSPS) is 10.8. The Bertz CT molecular complexity index is 1040. The summed E-state index contributed by atoms with van der Waals surface area (Å²) >= 11 is 0. The SMILES string of the molecule is Cc1cnc(C(=O)Nc2ccc(-n3cnc4ccccc43)cc2)cn1. The highest BCUT2D eigenvalue weighted by Crippen LogP contribution is 2.19. The van der Waals surface area contributed by atoms with Crippen molar-refractivity contribution < 1.29 is 4.79 Å². The third-order valence-electron chi connectivity index (χ3n) is 3.87. The Hall–Kier alpha value is -3.54. The van der Waals surface area contributed by atoms with Crippen molar-refractivity contribution in [3.05, 3.63) is 78.6 Å². The number of anilines is 1. The molecular formula is C19H15N5O. The van der Waals surface area contributed by atoms with Crippen LogP contribution in [0.5, 0.6) is 0 Å². The zero-order valence-electron chi connectivity index (χ0n) is 13.5. The summed E-state index contributed by atoms with van der Waals surface area (Å²) in [7, 11) is 0. The van der Waals surface area contributed by atoms with Crippen LogP contribution >= 0.6 is 0 Å². The molecule has 0 aliphatic heterocycles. The van der Waals surface area contributed by atoms with E-state index in [2.05, 4.69) is 20.3 Å². The highest BCUT2D eigenvalue weighted by molar-refractivity contribution is 6.02. The van der Waals surface area contributed by atoms with Crippen LogP contribution in [-0.4, -0.2) is 25.4 Å². The number of hydrogen-bond donors (Lipinski definition) is 1. The zero-order valence-corrected chi connectivity index (χ0v) is 13.5. The number of imidazole rings is 1. The maximum absolute atomic E-state index is 12.2. The van der Waals surface area contributed by atoms with E-state index in [1.807, 2.05) is 60.0 Å². The second kappa shape index (κ2) is 6.16. The van der Waals surface area contributed by atoms with Crippen molar-refractivity contribution in [1.29, 1.82) is 0 Å². The number of nitrogens with zero attached hydrogens (tertiary/aromatic N) is 4. The second-order valence-electron chi connectivity index (χ2n) is 5.65. The molecule has 4 aromatic rings. The number of amides is 1. The molecule has 2 aromatic heterocycles. The van der Waals surface area contributed by atoms with Crippen molar-refractivity contribution in [3.63, 3.8) is 0 Å². The van der Waals surface area contributed by atoms with Gasteiger partial charge >= 0.3 is 0 Å². The Morgan fingerprint density at radius 1 is 0.960 bits per heavy atom. The zero-order chi connectivity index (χ0) is 17.2. The van der Waals surface area contributed by atoms with Crippen LogP contribution in [0.25, 0.3) is 16.7 Å².